The highest BCUT2D eigenvalue weighted by molar-refractivity contribution is 6.31. The largest absolute Gasteiger partial charge is 0.496 e. The predicted octanol–water partition coefficient (Wildman–Crippen LogP) is 3.10. The van der Waals surface area contributed by atoms with Gasteiger partial charge in [0.05, 0.1) is 13.2 Å². The van der Waals surface area contributed by atoms with Crippen molar-refractivity contribution < 1.29 is 14.2 Å². The van der Waals surface area contributed by atoms with Crippen LogP contribution in [0.3, 0.4) is 0 Å². The minimum atomic E-state index is 0.00738. The zero-order valence-electron chi connectivity index (χ0n) is 12.7. The summed E-state index contributed by atoms with van der Waals surface area (Å²) in [4.78, 5) is 2.22. The number of methoxy groups -OCH3 is 1. The second-order valence-corrected chi connectivity index (χ2v) is 5.97. The molecule has 1 atom stereocenters. The van der Waals surface area contributed by atoms with Gasteiger partial charge in [-0.05, 0) is 24.3 Å². The number of benzene rings is 2. The number of hydrogen-bond acceptors (Lipinski definition) is 5. The van der Waals surface area contributed by atoms with Crippen LogP contribution in [0.1, 0.15) is 17.2 Å². The lowest BCUT2D eigenvalue weighted by Gasteiger charge is -2.26. The summed E-state index contributed by atoms with van der Waals surface area (Å²) in [6.07, 6.45) is 0. The number of anilines is 1. The molecule has 4 rings (SSSR count). The van der Waals surface area contributed by atoms with Crippen molar-refractivity contribution in [2.75, 3.05) is 25.3 Å². The van der Waals surface area contributed by atoms with Crippen LogP contribution in [0, 0.1) is 0 Å². The van der Waals surface area contributed by atoms with Gasteiger partial charge < -0.3 is 24.8 Å². The van der Waals surface area contributed by atoms with E-state index in [4.69, 9.17) is 31.5 Å². The molecule has 0 aliphatic carbocycles. The number of nitrogens with zero attached hydrogens (tertiary/aromatic N) is 1. The van der Waals surface area contributed by atoms with Crippen molar-refractivity contribution in [3.8, 4) is 17.2 Å². The fourth-order valence-electron chi connectivity index (χ4n) is 3.35. The van der Waals surface area contributed by atoms with E-state index in [1.807, 2.05) is 30.3 Å². The Morgan fingerprint density at radius 2 is 2.09 bits per heavy atom. The number of rotatable bonds is 3. The first-order valence-electron chi connectivity index (χ1n) is 7.44. The molecule has 0 aromatic heterocycles. The fourth-order valence-corrected chi connectivity index (χ4v) is 3.65. The molecule has 2 aliphatic rings. The molecule has 0 saturated heterocycles. The first-order valence-corrected chi connectivity index (χ1v) is 7.82. The van der Waals surface area contributed by atoms with E-state index in [1.54, 1.807) is 7.11 Å². The Morgan fingerprint density at radius 3 is 2.87 bits per heavy atom. The third-order valence-electron chi connectivity index (χ3n) is 4.43. The number of ether oxygens (including phenoxy) is 3. The Bertz CT molecular complexity index is 766. The molecule has 0 saturated carbocycles. The molecule has 2 heterocycles. The van der Waals surface area contributed by atoms with Gasteiger partial charge in [0.25, 0.3) is 0 Å². The molecule has 6 heteroatoms. The first kappa shape index (κ1) is 14.5. The van der Waals surface area contributed by atoms with Crippen LogP contribution < -0.4 is 24.8 Å². The zero-order valence-corrected chi connectivity index (χ0v) is 13.5. The van der Waals surface area contributed by atoms with Crippen molar-refractivity contribution in [1.29, 1.82) is 0 Å². The molecule has 1 unspecified atom stereocenters. The minimum absolute atomic E-state index is 0.00738. The lowest BCUT2D eigenvalue weighted by Crippen LogP contribution is -2.27. The van der Waals surface area contributed by atoms with Crippen LogP contribution in [0.5, 0.6) is 17.2 Å². The normalized spacial score (nSPS) is 18.2. The van der Waals surface area contributed by atoms with Gasteiger partial charge in [0.2, 0.25) is 6.79 Å². The second-order valence-electron chi connectivity index (χ2n) is 5.56. The van der Waals surface area contributed by atoms with Crippen molar-refractivity contribution in [3.05, 3.63) is 46.5 Å². The van der Waals surface area contributed by atoms with E-state index in [1.165, 1.54) is 0 Å². The van der Waals surface area contributed by atoms with Gasteiger partial charge in [-0.15, -0.1) is 0 Å². The molecule has 0 amide bonds. The standard InChI is InChI=1S/C17H17ClN2O3/c1-21-14-5-3-12(18)17-11(14)8-20(13(17)7-19)10-2-4-15-16(6-10)23-9-22-15/h2-6,13H,7-9,19H2,1H3. The summed E-state index contributed by atoms with van der Waals surface area (Å²) in [6.45, 7) is 1.42. The molecule has 5 nitrogen and oxygen atoms in total. The van der Waals surface area contributed by atoms with Crippen molar-refractivity contribution >= 4 is 17.3 Å². The van der Waals surface area contributed by atoms with Gasteiger partial charge in [-0.3, -0.25) is 0 Å². The van der Waals surface area contributed by atoms with Gasteiger partial charge in [0, 0.05) is 41.0 Å². The summed E-state index contributed by atoms with van der Waals surface area (Å²) >= 11 is 6.44. The minimum Gasteiger partial charge on any atom is -0.496 e. The van der Waals surface area contributed by atoms with Gasteiger partial charge in [-0.25, -0.2) is 0 Å². The third-order valence-corrected chi connectivity index (χ3v) is 4.76. The summed E-state index contributed by atoms with van der Waals surface area (Å²) in [7, 11) is 1.67. The molecular formula is C17H17ClN2O3. The molecule has 2 aromatic carbocycles. The maximum atomic E-state index is 6.44. The van der Waals surface area contributed by atoms with Gasteiger partial charge in [-0.2, -0.15) is 0 Å². The van der Waals surface area contributed by atoms with E-state index in [2.05, 4.69) is 4.90 Å². The monoisotopic (exact) mass is 332 g/mol. The fraction of sp³-hybridized carbons (Fsp3) is 0.294. The molecule has 0 radical (unpaired) electrons. The van der Waals surface area contributed by atoms with Crippen LogP contribution in [-0.2, 0) is 6.54 Å². The van der Waals surface area contributed by atoms with E-state index in [0.717, 1.165) is 39.1 Å². The smallest absolute Gasteiger partial charge is 0.231 e. The molecule has 2 aromatic rings. The van der Waals surface area contributed by atoms with Crippen molar-refractivity contribution in [3.63, 3.8) is 0 Å². The maximum Gasteiger partial charge on any atom is 0.231 e. The van der Waals surface area contributed by atoms with Crippen LogP contribution in [0.25, 0.3) is 0 Å². The molecule has 0 bridgehead atoms. The molecule has 0 fully saturated rings. The topological polar surface area (TPSA) is 57.0 Å². The Morgan fingerprint density at radius 1 is 1.26 bits per heavy atom. The second kappa shape index (κ2) is 5.51. The van der Waals surface area contributed by atoms with Crippen LogP contribution in [0.15, 0.2) is 30.3 Å². The SMILES string of the molecule is COc1ccc(Cl)c2c1CN(c1ccc3c(c1)OCO3)C2CN. The summed E-state index contributed by atoms with van der Waals surface area (Å²) in [5.41, 5.74) is 9.22. The first-order chi connectivity index (χ1) is 11.2. The molecule has 120 valence electrons. The highest BCUT2D eigenvalue weighted by Crippen LogP contribution is 2.46. The van der Waals surface area contributed by atoms with E-state index >= 15 is 0 Å². The van der Waals surface area contributed by atoms with E-state index in [0.29, 0.717) is 13.1 Å². The summed E-state index contributed by atoms with van der Waals surface area (Å²) in [5, 5.41) is 0.722. The van der Waals surface area contributed by atoms with Crippen molar-refractivity contribution in [1.82, 2.24) is 0 Å². The van der Waals surface area contributed by atoms with E-state index in [-0.39, 0.29) is 12.8 Å². The molecule has 23 heavy (non-hydrogen) atoms. The summed E-state index contributed by atoms with van der Waals surface area (Å²) in [5.74, 6) is 2.36. The molecule has 2 aliphatic heterocycles. The molecule has 0 spiro atoms. The average Bonchev–Trinajstić information content (AvgIpc) is 3.19. The molecule has 2 N–H and O–H groups in total. The van der Waals surface area contributed by atoms with Gasteiger partial charge in [-0.1, -0.05) is 11.6 Å². The summed E-state index contributed by atoms with van der Waals surface area (Å²) < 4.78 is 16.4. The zero-order chi connectivity index (χ0) is 16.0. The van der Waals surface area contributed by atoms with Crippen molar-refractivity contribution in [2.45, 2.75) is 12.6 Å². The van der Waals surface area contributed by atoms with Crippen LogP contribution in [-0.4, -0.2) is 20.4 Å². The number of hydrogen-bond donors (Lipinski definition) is 1. The predicted molar refractivity (Wildman–Crippen MR) is 88.5 cm³/mol. The number of nitrogens with two attached hydrogens (primary N) is 1. The van der Waals surface area contributed by atoms with Crippen LogP contribution in [0.2, 0.25) is 5.02 Å². The van der Waals surface area contributed by atoms with Crippen LogP contribution in [0.4, 0.5) is 5.69 Å². The lowest BCUT2D eigenvalue weighted by molar-refractivity contribution is 0.174. The lowest BCUT2D eigenvalue weighted by atomic mass is 10.0. The maximum absolute atomic E-state index is 6.44. The number of halogens is 1. The molecular weight excluding hydrogens is 316 g/mol. The summed E-state index contributed by atoms with van der Waals surface area (Å²) in [6, 6.07) is 9.70. The van der Waals surface area contributed by atoms with Crippen molar-refractivity contribution in [2.24, 2.45) is 5.73 Å². The van der Waals surface area contributed by atoms with Gasteiger partial charge in [0.15, 0.2) is 11.5 Å². The average molecular weight is 333 g/mol. The Labute approximate surface area is 139 Å². The third kappa shape index (κ3) is 2.19. The Balaban J connectivity index is 1.78. The highest BCUT2D eigenvalue weighted by Gasteiger charge is 2.34. The Hall–Kier alpha value is -2.11. The van der Waals surface area contributed by atoms with Gasteiger partial charge in [0.1, 0.15) is 5.75 Å². The number of fused-ring (bicyclic) bond motifs is 2. The van der Waals surface area contributed by atoms with Gasteiger partial charge >= 0.3 is 0 Å². The quantitative estimate of drug-likeness (QED) is 0.936. The van der Waals surface area contributed by atoms with Crippen LogP contribution >= 0.6 is 11.6 Å². The van der Waals surface area contributed by atoms with E-state index in [9.17, 15) is 0 Å². The highest BCUT2D eigenvalue weighted by atomic mass is 35.5. The van der Waals surface area contributed by atoms with E-state index < -0.39 is 0 Å². The Kier molecular flexibility index (Phi) is 3.47.